The van der Waals surface area contributed by atoms with Gasteiger partial charge in [0.15, 0.2) is 5.82 Å². The van der Waals surface area contributed by atoms with Gasteiger partial charge in [0.1, 0.15) is 5.82 Å². The van der Waals surface area contributed by atoms with Crippen molar-refractivity contribution in [1.29, 1.82) is 0 Å². The fourth-order valence-electron chi connectivity index (χ4n) is 4.32. The highest BCUT2D eigenvalue weighted by atomic mass is 16.2. The highest BCUT2D eigenvalue weighted by molar-refractivity contribution is 5.77. The third-order valence-corrected chi connectivity index (χ3v) is 6.27. The van der Waals surface area contributed by atoms with E-state index in [-0.39, 0.29) is 5.91 Å². The summed E-state index contributed by atoms with van der Waals surface area (Å²) >= 11 is 0. The summed E-state index contributed by atoms with van der Waals surface area (Å²) in [6.07, 6.45) is 9.95. The van der Waals surface area contributed by atoms with Crippen LogP contribution < -0.4 is 0 Å². The molecule has 1 aliphatic heterocycles. The molecule has 0 bridgehead atoms. The van der Waals surface area contributed by atoms with Crippen LogP contribution in [0, 0.1) is 11.8 Å². The zero-order valence-corrected chi connectivity index (χ0v) is 15.3. The molecule has 2 aromatic heterocycles. The van der Waals surface area contributed by atoms with E-state index in [1.807, 2.05) is 17.8 Å². The summed E-state index contributed by atoms with van der Waals surface area (Å²) in [7, 11) is 1.98. The van der Waals surface area contributed by atoms with Gasteiger partial charge in [-0.25, -0.2) is 9.97 Å². The van der Waals surface area contributed by atoms with Crippen LogP contribution in [0.25, 0.3) is 0 Å². The van der Waals surface area contributed by atoms with Crippen molar-refractivity contribution in [1.82, 2.24) is 29.6 Å². The first-order valence-electron chi connectivity index (χ1n) is 9.84. The van der Waals surface area contributed by atoms with Crippen molar-refractivity contribution in [2.24, 2.45) is 18.9 Å². The molecule has 3 heterocycles. The quantitative estimate of drug-likeness (QED) is 0.860. The lowest BCUT2D eigenvalue weighted by molar-refractivity contribution is -0.130. The summed E-state index contributed by atoms with van der Waals surface area (Å²) in [4.78, 5) is 23.8. The molecule has 5 rings (SSSR count). The van der Waals surface area contributed by atoms with E-state index >= 15 is 0 Å². The van der Waals surface area contributed by atoms with Crippen LogP contribution in [-0.4, -0.2) is 48.6 Å². The molecule has 2 saturated carbocycles. The van der Waals surface area contributed by atoms with Gasteiger partial charge in [-0.2, -0.15) is 5.10 Å². The fraction of sp³-hybridized carbons (Fsp3) is 0.684. The molecule has 0 unspecified atom stereocenters. The molecular weight excluding hydrogens is 328 g/mol. The number of aromatic amines is 1. The number of rotatable bonds is 6. The van der Waals surface area contributed by atoms with Gasteiger partial charge in [0.2, 0.25) is 5.91 Å². The van der Waals surface area contributed by atoms with Crippen molar-refractivity contribution >= 4 is 5.91 Å². The molecule has 1 saturated heterocycles. The lowest BCUT2D eigenvalue weighted by Gasteiger charge is -2.16. The molecule has 2 aromatic rings. The average Bonchev–Trinajstić information content (AvgIpc) is 3.54. The van der Waals surface area contributed by atoms with Crippen LogP contribution in [0.2, 0.25) is 0 Å². The number of amides is 1. The smallest absolute Gasteiger partial charge is 0.222 e. The van der Waals surface area contributed by atoms with Gasteiger partial charge in [-0.3, -0.25) is 9.89 Å². The van der Waals surface area contributed by atoms with Gasteiger partial charge in [-0.15, -0.1) is 0 Å². The van der Waals surface area contributed by atoms with Crippen molar-refractivity contribution < 1.29 is 4.79 Å². The Morgan fingerprint density at radius 1 is 1.27 bits per heavy atom. The van der Waals surface area contributed by atoms with Crippen LogP contribution in [0.4, 0.5) is 0 Å². The standard InChI is InChI=1S/C19H26N6O/c1-24-11-20-8-14(24)6-7-17(26)25-9-15(12-2-3-12)16(10-25)19-21-18(22-23-19)13-4-5-13/h8,11-13,15-16H,2-7,9-10H2,1H3,(H,21,22,23)/t15-,16+/m1/s1. The number of carbonyl (C=O) groups is 1. The molecule has 2 aliphatic carbocycles. The highest BCUT2D eigenvalue weighted by Crippen LogP contribution is 2.47. The van der Waals surface area contributed by atoms with Crippen LogP contribution in [0.5, 0.6) is 0 Å². The van der Waals surface area contributed by atoms with Gasteiger partial charge in [0.25, 0.3) is 0 Å². The van der Waals surface area contributed by atoms with E-state index in [4.69, 9.17) is 4.98 Å². The Hall–Kier alpha value is -2.18. The molecule has 26 heavy (non-hydrogen) atoms. The number of hydrogen-bond acceptors (Lipinski definition) is 4. The van der Waals surface area contributed by atoms with Crippen molar-refractivity contribution in [3.63, 3.8) is 0 Å². The maximum atomic E-state index is 12.8. The average molecular weight is 354 g/mol. The second-order valence-electron chi connectivity index (χ2n) is 8.26. The molecule has 7 heteroatoms. The van der Waals surface area contributed by atoms with Gasteiger partial charge in [-0.1, -0.05) is 0 Å². The summed E-state index contributed by atoms with van der Waals surface area (Å²) in [6, 6.07) is 0. The van der Waals surface area contributed by atoms with E-state index in [0.717, 1.165) is 42.8 Å². The predicted octanol–water partition coefficient (Wildman–Crippen LogP) is 2.00. The first kappa shape index (κ1) is 16.0. The number of nitrogens with zero attached hydrogens (tertiary/aromatic N) is 5. The second-order valence-corrected chi connectivity index (χ2v) is 8.26. The van der Waals surface area contributed by atoms with Crippen LogP contribution in [-0.2, 0) is 18.3 Å². The number of aryl methyl sites for hydroxylation is 2. The Labute approximate surface area is 153 Å². The van der Waals surface area contributed by atoms with E-state index in [1.54, 1.807) is 6.33 Å². The van der Waals surface area contributed by atoms with Crippen LogP contribution in [0.1, 0.15) is 61.3 Å². The van der Waals surface area contributed by atoms with E-state index in [0.29, 0.717) is 24.2 Å². The fourth-order valence-corrected chi connectivity index (χ4v) is 4.32. The molecular formula is C19H26N6O. The molecule has 0 spiro atoms. The Balaban J connectivity index is 1.26. The van der Waals surface area contributed by atoms with Gasteiger partial charge in [0.05, 0.1) is 6.33 Å². The summed E-state index contributed by atoms with van der Waals surface area (Å²) in [5.74, 6) is 4.42. The first-order valence-corrected chi connectivity index (χ1v) is 9.84. The Kier molecular flexibility index (Phi) is 3.83. The summed E-state index contributed by atoms with van der Waals surface area (Å²) < 4.78 is 1.99. The first-order chi connectivity index (χ1) is 12.7. The number of likely N-dealkylation sites (tertiary alicyclic amines) is 1. The predicted molar refractivity (Wildman–Crippen MR) is 95.4 cm³/mol. The van der Waals surface area contributed by atoms with Gasteiger partial charge < -0.3 is 9.47 Å². The topological polar surface area (TPSA) is 79.7 Å². The van der Waals surface area contributed by atoms with Crippen LogP contribution >= 0.6 is 0 Å². The van der Waals surface area contributed by atoms with Crippen molar-refractivity contribution in [3.05, 3.63) is 29.9 Å². The lowest BCUT2D eigenvalue weighted by Crippen LogP contribution is -2.29. The van der Waals surface area contributed by atoms with Gasteiger partial charge in [0, 0.05) is 50.3 Å². The third-order valence-electron chi connectivity index (χ3n) is 6.27. The number of H-pyrrole nitrogens is 1. The zero-order chi connectivity index (χ0) is 17.7. The Bertz CT molecular complexity index is 803. The molecule has 1 N–H and O–H groups in total. The van der Waals surface area contributed by atoms with Crippen LogP contribution in [0.15, 0.2) is 12.5 Å². The van der Waals surface area contributed by atoms with Crippen molar-refractivity contribution in [2.45, 2.75) is 50.4 Å². The molecule has 3 aliphatic rings. The second kappa shape index (κ2) is 6.21. The minimum atomic E-state index is 0.251. The Morgan fingerprint density at radius 2 is 2.12 bits per heavy atom. The zero-order valence-electron chi connectivity index (χ0n) is 15.3. The molecule has 2 atom stereocenters. The van der Waals surface area contributed by atoms with Gasteiger partial charge in [-0.05, 0) is 43.9 Å². The van der Waals surface area contributed by atoms with Crippen molar-refractivity contribution in [2.75, 3.05) is 13.1 Å². The molecule has 3 fully saturated rings. The van der Waals surface area contributed by atoms with Crippen LogP contribution in [0.3, 0.4) is 0 Å². The molecule has 0 radical (unpaired) electrons. The maximum Gasteiger partial charge on any atom is 0.222 e. The molecule has 1 amide bonds. The van der Waals surface area contributed by atoms with E-state index in [9.17, 15) is 4.79 Å². The number of nitrogens with one attached hydrogen (secondary N) is 1. The van der Waals surface area contributed by atoms with E-state index in [1.165, 1.54) is 25.7 Å². The maximum absolute atomic E-state index is 12.8. The largest absolute Gasteiger partial charge is 0.342 e. The third kappa shape index (κ3) is 3.04. The van der Waals surface area contributed by atoms with Gasteiger partial charge >= 0.3 is 0 Å². The van der Waals surface area contributed by atoms with E-state index < -0.39 is 0 Å². The number of imidazole rings is 1. The van der Waals surface area contributed by atoms with Crippen molar-refractivity contribution in [3.8, 4) is 0 Å². The molecule has 0 aromatic carbocycles. The molecule has 138 valence electrons. The summed E-state index contributed by atoms with van der Waals surface area (Å²) in [6.45, 7) is 1.66. The van der Waals surface area contributed by atoms with E-state index in [2.05, 4.69) is 20.1 Å². The lowest BCUT2D eigenvalue weighted by atomic mass is 9.91. The summed E-state index contributed by atoms with van der Waals surface area (Å²) in [5.41, 5.74) is 1.11. The summed E-state index contributed by atoms with van der Waals surface area (Å²) in [5, 5.41) is 7.63. The SMILES string of the molecule is Cn1cncc1CCC(=O)N1C[C@H](c2nc(C3CC3)n[nH]2)[C@@H](C2CC2)C1. The normalized spacial score (nSPS) is 25.8. The minimum Gasteiger partial charge on any atom is -0.342 e. The number of hydrogen-bond donors (Lipinski definition) is 1. The monoisotopic (exact) mass is 354 g/mol. The highest BCUT2D eigenvalue weighted by Gasteiger charge is 2.45. The molecule has 7 nitrogen and oxygen atoms in total. The number of carbonyl (C=O) groups excluding carboxylic acids is 1. The number of aromatic nitrogens is 5. The minimum absolute atomic E-state index is 0.251. The Morgan fingerprint density at radius 3 is 2.81 bits per heavy atom.